The molecule has 0 aliphatic heterocycles. The Hall–Kier alpha value is -6.65. The number of aromatic nitrogens is 3. The van der Waals surface area contributed by atoms with E-state index in [2.05, 4.69) is 121 Å². The van der Waals surface area contributed by atoms with Gasteiger partial charge in [0.2, 0.25) is 0 Å². The molecule has 0 fully saturated rings. The zero-order valence-electron chi connectivity index (χ0n) is 26.5. The van der Waals surface area contributed by atoms with Crippen LogP contribution in [0.15, 0.2) is 180 Å². The maximum Gasteiger partial charge on any atom is 0.164 e. The van der Waals surface area contributed by atoms with Crippen LogP contribution >= 0.6 is 0 Å². The predicted molar refractivity (Wildman–Crippen MR) is 200 cm³/mol. The summed E-state index contributed by atoms with van der Waals surface area (Å²) in [7, 11) is 0. The third-order valence-electron chi connectivity index (χ3n) is 8.98. The van der Waals surface area contributed by atoms with E-state index in [0.717, 1.165) is 66.4 Å². The van der Waals surface area contributed by atoms with Crippen molar-refractivity contribution < 1.29 is 4.42 Å². The fourth-order valence-electron chi connectivity index (χ4n) is 6.51. The molecule has 9 aromatic rings. The van der Waals surface area contributed by atoms with Crippen molar-refractivity contribution in [1.29, 1.82) is 0 Å². The van der Waals surface area contributed by atoms with Crippen molar-refractivity contribution in [3.63, 3.8) is 0 Å². The van der Waals surface area contributed by atoms with E-state index >= 15 is 0 Å². The molecule has 2 aromatic heterocycles. The maximum absolute atomic E-state index is 6.55. The Kier molecular flexibility index (Phi) is 7.10. The highest BCUT2D eigenvalue weighted by atomic mass is 16.3. The quantitative estimate of drug-likeness (QED) is 0.184. The van der Waals surface area contributed by atoms with Gasteiger partial charge in [0.15, 0.2) is 17.5 Å². The minimum atomic E-state index is 0.621. The Morgan fingerprint density at radius 2 is 0.694 bits per heavy atom. The second-order valence-corrected chi connectivity index (χ2v) is 12.0. The van der Waals surface area contributed by atoms with Gasteiger partial charge in [0, 0.05) is 33.0 Å². The number of benzene rings is 7. The van der Waals surface area contributed by atoms with Gasteiger partial charge in [0.05, 0.1) is 0 Å². The zero-order valence-corrected chi connectivity index (χ0v) is 26.5. The molecule has 0 unspecified atom stereocenters. The summed E-state index contributed by atoms with van der Waals surface area (Å²) < 4.78 is 6.55. The Morgan fingerprint density at radius 3 is 1.29 bits per heavy atom. The SMILES string of the molecule is c1ccc(-c2ccc(-c3nc(-c4ccccc4)nc(-c4ccc(-c5ccc(-c6ccccc6)c6c5oc5ccccc56)cc4)n3)cc2)cc1. The molecule has 0 saturated carbocycles. The monoisotopic (exact) mass is 627 g/mol. The van der Waals surface area contributed by atoms with Crippen molar-refractivity contribution in [2.75, 3.05) is 0 Å². The van der Waals surface area contributed by atoms with Crippen molar-refractivity contribution in [3.8, 4) is 67.5 Å². The average Bonchev–Trinajstić information content (AvgIpc) is 3.58. The highest BCUT2D eigenvalue weighted by Crippen LogP contribution is 2.42. The topological polar surface area (TPSA) is 51.8 Å². The molecule has 0 aliphatic carbocycles. The summed E-state index contributed by atoms with van der Waals surface area (Å²) >= 11 is 0. The normalized spacial score (nSPS) is 11.3. The first-order valence-electron chi connectivity index (χ1n) is 16.4. The van der Waals surface area contributed by atoms with Gasteiger partial charge in [-0.3, -0.25) is 0 Å². The van der Waals surface area contributed by atoms with Crippen LogP contribution in [0.1, 0.15) is 0 Å². The van der Waals surface area contributed by atoms with E-state index in [1.54, 1.807) is 0 Å². The van der Waals surface area contributed by atoms with Gasteiger partial charge in [-0.25, -0.2) is 15.0 Å². The van der Waals surface area contributed by atoms with Crippen LogP contribution in [-0.4, -0.2) is 15.0 Å². The van der Waals surface area contributed by atoms with Gasteiger partial charge < -0.3 is 4.42 Å². The highest BCUT2D eigenvalue weighted by molar-refractivity contribution is 6.16. The van der Waals surface area contributed by atoms with Gasteiger partial charge in [-0.1, -0.05) is 164 Å². The van der Waals surface area contributed by atoms with Crippen LogP contribution in [0, 0.1) is 0 Å². The number of fused-ring (bicyclic) bond motifs is 3. The molecule has 0 atom stereocenters. The van der Waals surface area contributed by atoms with Crippen LogP contribution in [0.4, 0.5) is 0 Å². The molecule has 0 bridgehead atoms. The van der Waals surface area contributed by atoms with E-state index in [-0.39, 0.29) is 0 Å². The number of rotatable bonds is 6. The molecule has 0 amide bonds. The lowest BCUT2D eigenvalue weighted by molar-refractivity contribution is 0.670. The lowest BCUT2D eigenvalue weighted by atomic mass is 9.94. The Bertz CT molecular complexity index is 2560. The van der Waals surface area contributed by atoms with E-state index in [9.17, 15) is 0 Å². The van der Waals surface area contributed by atoms with Crippen LogP contribution in [0.5, 0.6) is 0 Å². The van der Waals surface area contributed by atoms with Crippen molar-refractivity contribution >= 4 is 21.9 Å². The molecule has 9 rings (SSSR count). The van der Waals surface area contributed by atoms with Gasteiger partial charge in [0.1, 0.15) is 11.2 Å². The van der Waals surface area contributed by atoms with Crippen LogP contribution in [0.3, 0.4) is 0 Å². The molecule has 4 heteroatoms. The van der Waals surface area contributed by atoms with E-state index < -0.39 is 0 Å². The fraction of sp³-hybridized carbons (Fsp3) is 0. The highest BCUT2D eigenvalue weighted by Gasteiger charge is 2.18. The molecule has 49 heavy (non-hydrogen) atoms. The first kappa shape index (κ1) is 28.6. The first-order valence-corrected chi connectivity index (χ1v) is 16.4. The molecule has 0 aliphatic rings. The van der Waals surface area contributed by atoms with Crippen molar-refractivity contribution in [3.05, 3.63) is 176 Å². The maximum atomic E-state index is 6.55. The minimum absolute atomic E-state index is 0.621. The Balaban J connectivity index is 1.13. The summed E-state index contributed by atoms with van der Waals surface area (Å²) in [5.74, 6) is 1.89. The molecule has 4 nitrogen and oxygen atoms in total. The summed E-state index contributed by atoms with van der Waals surface area (Å²) in [5.41, 5.74) is 11.3. The molecule has 0 spiro atoms. The summed E-state index contributed by atoms with van der Waals surface area (Å²) in [6, 6.07) is 60.4. The van der Waals surface area contributed by atoms with Crippen LogP contribution in [0.2, 0.25) is 0 Å². The Labute approximate surface area is 284 Å². The first-order chi connectivity index (χ1) is 24.3. The molecule has 0 radical (unpaired) electrons. The largest absolute Gasteiger partial charge is 0.455 e. The molecule has 230 valence electrons. The number of furan rings is 1. The second-order valence-electron chi connectivity index (χ2n) is 12.0. The van der Waals surface area contributed by atoms with Gasteiger partial charge in [0.25, 0.3) is 0 Å². The lowest BCUT2D eigenvalue weighted by Crippen LogP contribution is -2.00. The summed E-state index contributed by atoms with van der Waals surface area (Å²) in [6.07, 6.45) is 0. The predicted octanol–water partition coefficient (Wildman–Crippen LogP) is 11.8. The number of para-hydroxylation sites is 1. The fourth-order valence-corrected chi connectivity index (χ4v) is 6.51. The van der Waals surface area contributed by atoms with Gasteiger partial charge in [-0.15, -0.1) is 0 Å². The summed E-state index contributed by atoms with van der Waals surface area (Å²) in [4.78, 5) is 14.9. The van der Waals surface area contributed by atoms with Crippen molar-refractivity contribution in [1.82, 2.24) is 15.0 Å². The third kappa shape index (κ3) is 5.35. The molecular weight excluding hydrogens is 599 g/mol. The van der Waals surface area contributed by atoms with Gasteiger partial charge in [-0.2, -0.15) is 0 Å². The third-order valence-corrected chi connectivity index (χ3v) is 8.98. The van der Waals surface area contributed by atoms with E-state index in [1.807, 2.05) is 54.6 Å². The molecule has 0 N–H and O–H groups in total. The number of hydrogen-bond acceptors (Lipinski definition) is 4. The summed E-state index contributed by atoms with van der Waals surface area (Å²) in [5, 5.41) is 2.23. The molecule has 7 aromatic carbocycles. The lowest BCUT2D eigenvalue weighted by Gasteiger charge is -2.11. The van der Waals surface area contributed by atoms with E-state index in [0.29, 0.717) is 17.5 Å². The van der Waals surface area contributed by atoms with Crippen molar-refractivity contribution in [2.45, 2.75) is 0 Å². The standard InChI is InChI=1S/C45H29N3O/c1-4-12-30(13-5-1)31-20-24-35(25-21-31)44-46-43(34-16-8-3-9-17-34)47-45(48-44)36-26-22-33(23-27-36)38-29-28-37(32-14-6-2-7-15-32)41-39-18-10-11-19-40(39)49-42(38)41/h1-29H. The smallest absolute Gasteiger partial charge is 0.164 e. The molecular formula is C45H29N3O. The number of hydrogen-bond donors (Lipinski definition) is 0. The average molecular weight is 628 g/mol. The van der Waals surface area contributed by atoms with Crippen LogP contribution < -0.4 is 0 Å². The zero-order chi connectivity index (χ0) is 32.6. The van der Waals surface area contributed by atoms with Crippen LogP contribution in [-0.2, 0) is 0 Å². The second kappa shape index (κ2) is 12.2. The van der Waals surface area contributed by atoms with Gasteiger partial charge in [-0.05, 0) is 39.9 Å². The summed E-state index contributed by atoms with van der Waals surface area (Å²) in [6.45, 7) is 0. The van der Waals surface area contributed by atoms with Gasteiger partial charge >= 0.3 is 0 Å². The van der Waals surface area contributed by atoms with Crippen LogP contribution in [0.25, 0.3) is 89.5 Å². The Morgan fingerprint density at radius 1 is 0.306 bits per heavy atom. The minimum Gasteiger partial charge on any atom is -0.455 e. The molecule has 2 heterocycles. The van der Waals surface area contributed by atoms with Crippen molar-refractivity contribution in [2.24, 2.45) is 0 Å². The van der Waals surface area contributed by atoms with E-state index in [4.69, 9.17) is 19.4 Å². The molecule has 0 saturated heterocycles. The number of nitrogens with zero attached hydrogens (tertiary/aromatic N) is 3. The van der Waals surface area contributed by atoms with E-state index in [1.165, 1.54) is 5.56 Å².